The van der Waals surface area contributed by atoms with Crippen molar-refractivity contribution in [2.75, 3.05) is 0 Å². The van der Waals surface area contributed by atoms with Crippen LogP contribution in [0.3, 0.4) is 0 Å². The lowest BCUT2D eigenvalue weighted by molar-refractivity contribution is -0.224. The third-order valence-electron chi connectivity index (χ3n) is 7.81. The Bertz CT molecular complexity index is 1010. The van der Waals surface area contributed by atoms with Gasteiger partial charge in [-0.15, -0.1) is 11.6 Å². The lowest BCUT2D eigenvalue weighted by Crippen LogP contribution is -2.69. The molecule has 10 heteroatoms. The summed E-state index contributed by atoms with van der Waals surface area (Å²) in [6.07, 6.45) is -0.412. The number of carbonyl (C=O) groups excluding carboxylic acids is 4. The zero-order chi connectivity index (χ0) is 25.4. The quantitative estimate of drug-likeness (QED) is 0.199. The molecular formula is C24H29ClO9. The van der Waals surface area contributed by atoms with E-state index in [1.54, 1.807) is 13.0 Å². The summed E-state index contributed by atoms with van der Waals surface area (Å²) in [5.41, 5.74) is -4.58. The molecule has 2 saturated heterocycles. The SMILES string of the molecule is C=C1C[C@@H]2O[C@H]2[C@]2(C)C=CC(=O)[C@](C)(OC(C)=O)[C@H]2[C@H](OC(C)=O)[C@]2(O)[C@@H](C)C(=O)O[C@H]2[C@@H]1Cl. The third-order valence-corrected chi connectivity index (χ3v) is 8.35. The first kappa shape index (κ1) is 24.9. The highest BCUT2D eigenvalue weighted by atomic mass is 35.5. The van der Waals surface area contributed by atoms with Crippen LogP contribution in [0.25, 0.3) is 0 Å². The standard InChI is InChI=1S/C24H29ClO9/c1-10-9-14-18(32-14)22(5)8-7-15(28)23(6,34-13(4)27)17(22)20(31-12(3)26)24(30)11(2)21(29)33-19(24)16(10)25/h7-8,11,14,16-20,30H,1,9H2,2-6H3/t11-,14-,16+,17-,18+,19-,20-,22+,23-,24-/m0/s1. The van der Waals surface area contributed by atoms with Gasteiger partial charge in [-0.05, 0) is 26.3 Å². The molecule has 0 unspecified atom stereocenters. The molecule has 10 atom stereocenters. The van der Waals surface area contributed by atoms with Crippen LogP contribution in [0.5, 0.6) is 0 Å². The van der Waals surface area contributed by atoms with Gasteiger partial charge in [0.25, 0.3) is 0 Å². The molecule has 4 aliphatic rings. The molecule has 1 saturated carbocycles. The Kier molecular flexibility index (Phi) is 5.78. The van der Waals surface area contributed by atoms with E-state index in [0.29, 0.717) is 12.0 Å². The van der Waals surface area contributed by atoms with Crippen molar-refractivity contribution in [3.05, 3.63) is 24.3 Å². The molecule has 4 rings (SSSR count). The second kappa shape index (κ2) is 7.90. The fourth-order valence-corrected chi connectivity index (χ4v) is 6.41. The van der Waals surface area contributed by atoms with Gasteiger partial charge in [0.15, 0.2) is 23.1 Å². The first-order chi connectivity index (χ1) is 15.7. The molecule has 2 aliphatic carbocycles. The summed E-state index contributed by atoms with van der Waals surface area (Å²) >= 11 is 6.67. The minimum atomic E-state index is -2.17. The van der Waals surface area contributed by atoms with Gasteiger partial charge in [-0.25, -0.2) is 0 Å². The van der Waals surface area contributed by atoms with Gasteiger partial charge >= 0.3 is 17.9 Å². The second-order valence-electron chi connectivity index (χ2n) is 10.1. The number of esters is 3. The molecule has 0 bridgehead atoms. The Morgan fingerprint density at radius 1 is 1.21 bits per heavy atom. The maximum atomic E-state index is 13.2. The van der Waals surface area contributed by atoms with Crippen molar-refractivity contribution in [1.29, 1.82) is 0 Å². The van der Waals surface area contributed by atoms with Crippen LogP contribution >= 0.6 is 11.6 Å². The van der Waals surface area contributed by atoms with E-state index in [0.717, 1.165) is 13.8 Å². The average Bonchev–Trinajstić information content (AvgIpc) is 3.46. The van der Waals surface area contributed by atoms with E-state index in [2.05, 4.69) is 6.58 Å². The number of rotatable bonds is 2. The van der Waals surface area contributed by atoms with Crippen molar-refractivity contribution in [2.24, 2.45) is 17.3 Å². The first-order valence-electron chi connectivity index (χ1n) is 11.2. The van der Waals surface area contributed by atoms with E-state index in [4.69, 9.17) is 30.5 Å². The summed E-state index contributed by atoms with van der Waals surface area (Å²) in [7, 11) is 0. The first-order valence-corrected chi connectivity index (χ1v) is 11.6. The number of ketones is 1. The summed E-state index contributed by atoms with van der Waals surface area (Å²) in [6.45, 7) is 11.0. The van der Waals surface area contributed by atoms with E-state index in [1.165, 1.54) is 19.9 Å². The molecule has 0 aromatic carbocycles. The van der Waals surface area contributed by atoms with Gasteiger partial charge in [-0.2, -0.15) is 0 Å². The van der Waals surface area contributed by atoms with Crippen molar-refractivity contribution >= 4 is 35.3 Å². The normalized spacial score (nSPS) is 47.6. The van der Waals surface area contributed by atoms with E-state index in [1.807, 2.05) is 0 Å². The minimum Gasteiger partial charge on any atom is -0.459 e. The molecule has 0 aromatic rings. The van der Waals surface area contributed by atoms with E-state index < -0.39 is 75.8 Å². The van der Waals surface area contributed by atoms with Gasteiger partial charge in [0, 0.05) is 19.3 Å². The smallest absolute Gasteiger partial charge is 0.312 e. The fourth-order valence-electron chi connectivity index (χ4n) is 6.07. The molecule has 2 aliphatic heterocycles. The molecule has 3 fully saturated rings. The zero-order valence-corrected chi connectivity index (χ0v) is 20.5. The summed E-state index contributed by atoms with van der Waals surface area (Å²) in [5, 5.41) is 11.2. The van der Waals surface area contributed by atoms with Crippen LogP contribution in [0.2, 0.25) is 0 Å². The van der Waals surface area contributed by atoms with Crippen LogP contribution < -0.4 is 0 Å². The highest BCUT2D eigenvalue weighted by molar-refractivity contribution is 6.23. The van der Waals surface area contributed by atoms with Gasteiger partial charge in [0.1, 0.15) is 6.10 Å². The highest BCUT2D eigenvalue weighted by Gasteiger charge is 2.73. The van der Waals surface area contributed by atoms with Crippen LogP contribution in [0.1, 0.15) is 41.0 Å². The molecular weight excluding hydrogens is 468 g/mol. The predicted octanol–water partition coefficient (Wildman–Crippen LogP) is 1.63. The Balaban J connectivity index is 2.02. The van der Waals surface area contributed by atoms with Crippen LogP contribution in [0.15, 0.2) is 24.3 Å². The minimum absolute atomic E-state index is 0.323. The maximum absolute atomic E-state index is 13.2. The molecule has 0 aromatic heterocycles. The summed E-state index contributed by atoms with van der Waals surface area (Å²) < 4.78 is 22.8. The Morgan fingerprint density at radius 3 is 2.44 bits per heavy atom. The van der Waals surface area contributed by atoms with Crippen molar-refractivity contribution in [2.45, 2.75) is 82.0 Å². The van der Waals surface area contributed by atoms with Crippen molar-refractivity contribution in [3.63, 3.8) is 0 Å². The number of epoxide rings is 1. The predicted molar refractivity (Wildman–Crippen MR) is 118 cm³/mol. The molecule has 2 heterocycles. The van der Waals surface area contributed by atoms with E-state index in [-0.39, 0.29) is 6.10 Å². The van der Waals surface area contributed by atoms with Crippen molar-refractivity contribution < 1.29 is 43.2 Å². The molecule has 0 radical (unpaired) electrons. The zero-order valence-electron chi connectivity index (χ0n) is 19.7. The number of aliphatic hydroxyl groups is 1. The number of hydrogen-bond acceptors (Lipinski definition) is 9. The molecule has 9 nitrogen and oxygen atoms in total. The van der Waals surface area contributed by atoms with Gasteiger partial charge in [0.2, 0.25) is 0 Å². The topological polar surface area (TPSA) is 129 Å². The molecule has 186 valence electrons. The number of halogens is 1. The Morgan fingerprint density at radius 2 is 1.85 bits per heavy atom. The van der Waals surface area contributed by atoms with Crippen LogP contribution in [0, 0.1) is 17.3 Å². The van der Waals surface area contributed by atoms with Gasteiger partial charge < -0.3 is 24.1 Å². The lowest BCUT2D eigenvalue weighted by atomic mass is 9.55. The monoisotopic (exact) mass is 496 g/mol. The highest BCUT2D eigenvalue weighted by Crippen LogP contribution is 2.59. The van der Waals surface area contributed by atoms with Crippen LogP contribution in [-0.2, 0) is 38.1 Å². The summed E-state index contributed by atoms with van der Waals surface area (Å²) in [4.78, 5) is 50.5. The maximum Gasteiger partial charge on any atom is 0.312 e. The van der Waals surface area contributed by atoms with Crippen molar-refractivity contribution in [3.8, 4) is 0 Å². The second-order valence-corrected chi connectivity index (χ2v) is 10.6. The fraction of sp³-hybridized carbons (Fsp3) is 0.667. The third kappa shape index (κ3) is 3.43. The largest absolute Gasteiger partial charge is 0.459 e. The molecule has 0 amide bonds. The van der Waals surface area contributed by atoms with Gasteiger partial charge in [0.05, 0.1) is 29.4 Å². The molecule has 0 spiro atoms. The number of ether oxygens (including phenoxy) is 4. The van der Waals surface area contributed by atoms with Gasteiger partial charge in [-0.3, -0.25) is 19.2 Å². The van der Waals surface area contributed by atoms with Crippen LogP contribution in [-0.4, -0.2) is 69.8 Å². The van der Waals surface area contributed by atoms with Crippen LogP contribution in [0.4, 0.5) is 0 Å². The van der Waals surface area contributed by atoms with Gasteiger partial charge in [-0.1, -0.05) is 25.2 Å². The Labute approximate surface area is 202 Å². The lowest BCUT2D eigenvalue weighted by Gasteiger charge is -2.53. The average molecular weight is 497 g/mol. The Hall–Kier alpha value is -2.23. The molecule has 1 N–H and O–H groups in total. The number of hydrogen-bond donors (Lipinski definition) is 1. The summed E-state index contributed by atoms with van der Waals surface area (Å²) in [6, 6.07) is 0. The van der Waals surface area contributed by atoms with Crippen molar-refractivity contribution in [1.82, 2.24) is 0 Å². The van der Waals surface area contributed by atoms with E-state index in [9.17, 15) is 24.3 Å². The van der Waals surface area contributed by atoms with E-state index >= 15 is 0 Å². The molecule has 34 heavy (non-hydrogen) atoms. The number of fused-ring (bicyclic) bond motifs is 4. The number of carbonyl (C=O) groups is 4. The number of alkyl halides is 1. The summed E-state index contributed by atoms with van der Waals surface area (Å²) in [5.74, 6) is -5.12.